The van der Waals surface area contributed by atoms with Crippen molar-refractivity contribution in [3.63, 3.8) is 0 Å². The summed E-state index contributed by atoms with van der Waals surface area (Å²) in [5.74, 6) is -9.29. The van der Waals surface area contributed by atoms with Crippen LogP contribution in [0.5, 0.6) is 5.75 Å². The molecule has 0 saturated heterocycles. The fourth-order valence-corrected chi connectivity index (χ4v) is 15.8. The molecule has 10 aromatic heterocycles. The van der Waals surface area contributed by atoms with Gasteiger partial charge in [0.05, 0.1) is 136 Å². The monoisotopic (exact) mass is 2030 g/mol. The Morgan fingerprint density at radius 3 is 1.38 bits per heavy atom. The highest BCUT2D eigenvalue weighted by Gasteiger charge is 2.46. The summed E-state index contributed by atoms with van der Waals surface area (Å²) in [4.78, 5) is 207. The normalized spacial score (nSPS) is 13.1. The maximum Gasteiger partial charge on any atom is 0.430 e. The number of hydrogen-bond donors (Lipinski definition) is 14. The highest BCUT2D eigenvalue weighted by Crippen LogP contribution is 2.40. The predicted octanol–water partition coefficient (Wildman–Crippen LogP) is 2.44. The van der Waals surface area contributed by atoms with Crippen LogP contribution in [0.15, 0.2) is 133 Å². The molecule has 2 atom stereocenters. The molecule has 47 nitrogen and oxygen atoms in total. The lowest BCUT2D eigenvalue weighted by Gasteiger charge is -2.31. The summed E-state index contributed by atoms with van der Waals surface area (Å²) >= 11 is 0. The SMILES string of the molecule is CC[C@@]1(O)C(=O)OCc2c1cc1n(c2=O)Cc2cc3cc(OCC(=O)NCCCCOCCOCCOCCOCCC(=O)N[C@H](CCNC(=O)c4cc(NC(=O)c5cc(NC(=O)c6cc(NC(=O)c7nccn7C)cn6C)cn5C)cn4C)C(=O)Nc4cc(C(=O)Nc5cc(C(=O)Nc6cc(C(=O)Nc7cc(C(=O)NCCC(=O)NCCC[NH+](C)C)n(C)c7)n(C)c6)n(C)c5)n(C)c4)ccc3nc2-1.O=C([O-])C(F)(F)F. The summed E-state index contributed by atoms with van der Waals surface area (Å²) < 4.78 is 78.9. The number of aliphatic carboxylic acids is 1. The van der Waals surface area contributed by atoms with Crippen molar-refractivity contribution in [2.45, 2.75) is 82.8 Å². The zero-order valence-electron chi connectivity index (χ0n) is 81.9. The van der Waals surface area contributed by atoms with Crippen LogP contribution in [0.3, 0.4) is 0 Å². The van der Waals surface area contributed by atoms with Crippen LogP contribution in [0.4, 0.5) is 53.0 Å². The molecular formula is C96H115F3N24O23. The van der Waals surface area contributed by atoms with Crippen LogP contribution >= 0.6 is 0 Å². The number of carbonyl (C=O) groups excluding carboxylic acids is 14. The van der Waals surface area contributed by atoms with E-state index in [4.69, 9.17) is 43.3 Å². The Hall–Kier alpha value is -16.3. The number of quaternary nitrogens is 1. The molecule has 146 heavy (non-hydrogen) atoms. The number of nitrogens with one attached hydrogen (secondary N) is 13. The molecule has 50 heteroatoms. The molecule has 0 aliphatic carbocycles. The number of halogens is 3. The number of imidazole rings is 1. The molecule has 0 spiro atoms. The van der Waals surface area contributed by atoms with Gasteiger partial charge in [-0.25, -0.2) is 14.8 Å². The Balaban J connectivity index is 0.00000261. The smallest absolute Gasteiger partial charge is 0.430 e. The van der Waals surface area contributed by atoms with Gasteiger partial charge in [0.15, 0.2) is 18.0 Å². The lowest BCUT2D eigenvalue weighted by molar-refractivity contribution is -0.858. The second kappa shape index (κ2) is 49.1. The van der Waals surface area contributed by atoms with Crippen molar-refractivity contribution < 1.29 is 124 Å². The van der Waals surface area contributed by atoms with Crippen molar-refractivity contribution in [2.24, 2.45) is 56.4 Å². The Bertz CT molecular complexity index is 6780. The Morgan fingerprint density at radius 2 is 0.932 bits per heavy atom. The first-order valence-electron chi connectivity index (χ1n) is 46.3. The van der Waals surface area contributed by atoms with Crippen LogP contribution in [0.25, 0.3) is 22.3 Å². The summed E-state index contributed by atoms with van der Waals surface area (Å²) in [6, 6.07) is 17.8. The lowest BCUT2D eigenvalue weighted by atomic mass is 9.86. The molecule has 2 aliphatic rings. The van der Waals surface area contributed by atoms with Crippen molar-refractivity contribution >= 4 is 134 Å². The summed E-state index contributed by atoms with van der Waals surface area (Å²) in [5.41, 5.74) is 3.63. The zero-order chi connectivity index (χ0) is 106. The number of esters is 1. The van der Waals surface area contributed by atoms with Crippen molar-refractivity contribution in [1.29, 1.82) is 0 Å². The number of ether oxygens (including phenoxy) is 6. The minimum Gasteiger partial charge on any atom is -0.542 e. The molecule has 14 N–H and O–H groups in total. The number of aromatic nitrogens is 11. The van der Waals surface area contributed by atoms with Crippen molar-refractivity contribution in [1.82, 2.24) is 77.7 Å². The minimum absolute atomic E-state index is 0.0362. The zero-order valence-corrected chi connectivity index (χ0v) is 81.9. The van der Waals surface area contributed by atoms with E-state index in [0.29, 0.717) is 79.8 Å². The molecule has 12 heterocycles. The summed E-state index contributed by atoms with van der Waals surface area (Å²) in [6.07, 6.45) is 10.6. The van der Waals surface area contributed by atoms with E-state index in [1.807, 2.05) is 20.2 Å². The van der Waals surface area contributed by atoms with Gasteiger partial charge in [0.1, 0.15) is 64.2 Å². The first-order chi connectivity index (χ1) is 69.5. The first kappa shape index (κ1) is 109. The average Bonchev–Trinajstić information content (AvgIpc) is 1.36. The van der Waals surface area contributed by atoms with Crippen LogP contribution in [-0.4, -0.2) is 258 Å². The topological polar surface area (TPSA) is 574 Å². The molecule has 778 valence electrons. The van der Waals surface area contributed by atoms with E-state index in [-0.39, 0.29) is 194 Å². The minimum atomic E-state index is -5.19. The van der Waals surface area contributed by atoms with E-state index in [9.17, 15) is 85.4 Å². The fraction of sp³-hybridized carbons (Fsp3) is 0.385. The number of benzene rings is 1. The van der Waals surface area contributed by atoms with Crippen LogP contribution in [0.1, 0.15) is 153 Å². The molecule has 2 aliphatic heterocycles. The third kappa shape index (κ3) is 28.4. The van der Waals surface area contributed by atoms with Crippen molar-refractivity contribution in [2.75, 3.05) is 143 Å². The van der Waals surface area contributed by atoms with Gasteiger partial charge in [-0.2, -0.15) is 13.2 Å². The number of carbonyl (C=O) groups is 14. The van der Waals surface area contributed by atoms with E-state index in [2.05, 4.69) is 68.8 Å². The van der Waals surface area contributed by atoms with Gasteiger partial charge in [-0.15, -0.1) is 0 Å². The van der Waals surface area contributed by atoms with Crippen LogP contribution in [-0.2, 0) is 128 Å². The summed E-state index contributed by atoms with van der Waals surface area (Å²) in [5, 5.41) is 54.1. The number of nitrogens with zero attached hydrogens (tertiary/aromatic N) is 11. The van der Waals surface area contributed by atoms with Gasteiger partial charge < -0.3 is 153 Å². The number of aryl methyl sites for hydroxylation is 8. The van der Waals surface area contributed by atoms with Gasteiger partial charge in [0, 0.05) is 181 Å². The number of aliphatic hydroxyl groups is 1. The van der Waals surface area contributed by atoms with Gasteiger partial charge in [-0.1, -0.05) is 6.92 Å². The number of carboxylic acid groups (broad SMARTS) is 1. The maximum absolute atomic E-state index is 14.3. The third-order valence-corrected chi connectivity index (χ3v) is 23.4. The highest BCUT2D eigenvalue weighted by molar-refractivity contribution is 6.11. The largest absolute Gasteiger partial charge is 0.542 e. The predicted molar refractivity (Wildman–Crippen MR) is 520 cm³/mol. The number of alkyl halides is 3. The summed E-state index contributed by atoms with van der Waals surface area (Å²) in [7, 11) is 17.0. The number of hydrogen-bond acceptors (Lipinski definition) is 25. The van der Waals surface area contributed by atoms with Crippen LogP contribution in [0, 0.1) is 0 Å². The number of pyridine rings is 2. The Morgan fingerprint density at radius 1 is 0.500 bits per heavy atom. The van der Waals surface area contributed by atoms with Gasteiger partial charge in [0.25, 0.3) is 58.7 Å². The number of amides is 12. The molecule has 0 radical (unpaired) electrons. The second-order valence-corrected chi connectivity index (χ2v) is 34.8. The van der Waals surface area contributed by atoms with Crippen LogP contribution < -0.4 is 84.1 Å². The molecule has 11 aromatic rings. The second-order valence-electron chi connectivity index (χ2n) is 34.8. The molecule has 0 bridgehead atoms. The number of carboxylic acids is 1. The Labute approximate surface area is 832 Å². The molecule has 1 aromatic carbocycles. The summed E-state index contributed by atoms with van der Waals surface area (Å²) in [6.45, 7) is 5.10. The highest BCUT2D eigenvalue weighted by atomic mass is 19.4. The quantitative estimate of drug-likeness (QED) is 0.0192. The number of anilines is 7. The molecule has 0 fully saturated rings. The standard InChI is InChI=1S/C94H114N24O21.C2HF3O2/c1-12-94(133)67-45-70-81-57(46-118(70)92(131)66(67)54-139-93(94)132)36-56-37-65(16-17-68(56)108-81)138-55-80(121)96-21-13-14-28-134-30-32-136-34-35-137-33-31-135-29-20-79(120)107-69(18-23-98-84(123)71-38-59(48-111(71)5)101-87(126)75-42-63(52-115(75)9)105-90(129)77-44-64(53-117(77)11)106-91(130)82-97-25-27-110(82)4)83(122)100-58-40-73(113(7)47-58)86(125)103-61-43-76(116(10)50-61)89(128)104-62-41-74(114(8)51-62)88(127)102-60-39-72(112(6)49-60)85(124)99-24-19-78(119)95-22-15-26-109(2)3;3-2(4,5)1(6)7/h16-17,25,27,36-45,47-53,69,133H,12-15,18-24,26,28-35,46,54-55H2,1-11H3,(H,95,119)(H,96,121)(H,98,123)(H,99,124)(H,100,122)(H,101,126)(H,102,127)(H,103,125)(H,104,128)(H,105,129)(H,106,130)(H,107,120);(H,6,7)/t69-,94+;/m1./s1. The third-order valence-electron chi connectivity index (χ3n) is 23.4. The van der Waals surface area contributed by atoms with Gasteiger partial charge in [-0.05, 0) is 98.5 Å². The number of fused-ring (bicyclic) bond motifs is 5. The molecule has 0 saturated carbocycles. The van der Waals surface area contributed by atoms with Crippen molar-refractivity contribution in [3.8, 4) is 17.1 Å². The van der Waals surface area contributed by atoms with E-state index in [0.717, 1.165) is 23.9 Å². The molecule has 0 unspecified atom stereocenters. The maximum atomic E-state index is 14.3. The van der Waals surface area contributed by atoms with E-state index in [1.54, 1.807) is 126 Å². The number of rotatable bonds is 48. The lowest BCUT2D eigenvalue weighted by Crippen LogP contribution is -3.05. The molecule has 12 amide bonds. The van der Waals surface area contributed by atoms with Gasteiger partial charge >= 0.3 is 12.1 Å². The van der Waals surface area contributed by atoms with Gasteiger partial charge in [-0.3, -0.25) is 62.3 Å². The van der Waals surface area contributed by atoms with E-state index >= 15 is 0 Å². The van der Waals surface area contributed by atoms with E-state index in [1.165, 1.54) is 106 Å². The number of cyclic esters (lactones) is 1. The average molecular weight is 2030 g/mol. The van der Waals surface area contributed by atoms with Crippen molar-refractivity contribution in [3.05, 3.63) is 201 Å². The van der Waals surface area contributed by atoms with Gasteiger partial charge in [0.2, 0.25) is 17.7 Å². The van der Waals surface area contributed by atoms with Crippen LogP contribution in [0.2, 0.25) is 0 Å². The van der Waals surface area contributed by atoms with E-state index < -0.39 is 88.8 Å². The molecule has 13 rings (SSSR count). The Kier molecular flexibility index (Phi) is 36.5. The number of unbranched alkanes of at least 4 members (excludes halogenated alkanes) is 1. The first-order valence-corrected chi connectivity index (χ1v) is 46.3. The fourth-order valence-electron chi connectivity index (χ4n) is 15.8. The molecular weight excluding hydrogens is 1910 g/mol.